The number of pyridine rings is 1. The molecule has 1 amide bonds. The van der Waals surface area contributed by atoms with Crippen molar-refractivity contribution in [3.63, 3.8) is 0 Å². The number of ether oxygens (including phenoxy) is 1. The van der Waals surface area contributed by atoms with Gasteiger partial charge < -0.3 is 10.1 Å². The quantitative estimate of drug-likeness (QED) is 0.411. The molecule has 2 saturated heterocycles. The highest BCUT2D eigenvalue weighted by atomic mass is 32.2. The van der Waals surface area contributed by atoms with Crippen LogP contribution in [0, 0.1) is 5.82 Å². The molecule has 2 aliphatic rings. The molecule has 10 heteroatoms. The van der Waals surface area contributed by atoms with Crippen LogP contribution in [0.1, 0.15) is 24.0 Å². The zero-order valence-electron chi connectivity index (χ0n) is 18.1. The van der Waals surface area contributed by atoms with E-state index in [2.05, 4.69) is 10.3 Å². The Balaban J connectivity index is 1.48. The predicted octanol–water partition coefficient (Wildman–Crippen LogP) is 3.83. The fraction of sp³-hybridized carbons (Fsp3) is 0.250. The second-order valence-electron chi connectivity index (χ2n) is 8.02. The van der Waals surface area contributed by atoms with Crippen LogP contribution in [0.15, 0.2) is 58.4 Å². The van der Waals surface area contributed by atoms with Crippen molar-refractivity contribution in [2.75, 3.05) is 18.5 Å². The number of anilines is 1. The van der Waals surface area contributed by atoms with Gasteiger partial charge in [0.25, 0.3) is 11.5 Å². The Bertz CT molecular complexity index is 1350. The lowest BCUT2D eigenvalue weighted by Gasteiger charge is -2.15. The number of thioether (sulfide) groups is 1. The van der Waals surface area contributed by atoms with E-state index in [-0.39, 0.29) is 35.5 Å². The zero-order valence-corrected chi connectivity index (χ0v) is 19.7. The number of aromatic nitrogens is 2. The molecule has 0 spiro atoms. The van der Waals surface area contributed by atoms with Gasteiger partial charge in [-0.05, 0) is 48.7 Å². The number of fused-ring (bicyclic) bond motifs is 1. The normalized spacial score (nSPS) is 19.5. The van der Waals surface area contributed by atoms with Crippen molar-refractivity contribution < 1.29 is 13.9 Å². The van der Waals surface area contributed by atoms with Gasteiger partial charge in [-0.25, -0.2) is 9.37 Å². The monoisotopic (exact) mass is 496 g/mol. The van der Waals surface area contributed by atoms with Gasteiger partial charge in [0.05, 0.1) is 23.1 Å². The molecule has 3 aromatic rings. The van der Waals surface area contributed by atoms with E-state index in [4.69, 9.17) is 17.0 Å². The highest BCUT2D eigenvalue weighted by molar-refractivity contribution is 8.26. The number of hydrogen-bond donors (Lipinski definition) is 1. The Labute approximate surface area is 204 Å². The number of hydrogen-bond acceptors (Lipinski definition) is 7. The number of carbonyl (C=O) groups is 1. The maximum Gasteiger partial charge on any atom is 0.267 e. The van der Waals surface area contributed by atoms with Crippen molar-refractivity contribution in [2.24, 2.45) is 0 Å². The highest BCUT2D eigenvalue weighted by Crippen LogP contribution is 2.34. The van der Waals surface area contributed by atoms with E-state index >= 15 is 0 Å². The number of rotatable bonds is 6. The van der Waals surface area contributed by atoms with Gasteiger partial charge in [-0.3, -0.25) is 18.9 Å². The minimum absolute atomic E-state index is 0.0535. The first-order valence-corrected chi connectivity index (χ1v) is 12.1. The zero-order chi connectivity index (χ0) is 23.7. The lowest BCUT2D eigenvalue weighted by atomic mass is 10.2. The Morgan fingerprint density at radius 2 is 2.06 bits per heavy atom. The van der Waals surface area contributed by atoms with Gasteiger partial charge in [0.2, 0.25) is 0 Å². The molecule has 5 rings (SSSR count). The van der Waals surface area contributed by atoms with E-state index in [1.165, 1.54) is 21.4 Å². The van der Waals surface area contributed by atoms with Crippen molar-refractivity contribution in [2.45, 2.75) is 25.5 Å². The van der Waals surface area contributed by atoms with Crippen LogP contribution in [-0.2, 0) is 16.1 Å². The van der Waals surface area contributed by atoms with Crippen molar-refractivity contribution in [1.29, 1.82) is 0 Å². The molecule has 2 aromatic heterocycles. The second kappa shape index (κ2) is 9.65. The number of benzene rings is 1. The van der Waals surface area contributed by atoms with E-state index in [9.17, 15) is 14.0 Å². The Morgan fingerprint density at radius 3 is 2.82 bits per heavy atom. The minimum atomic E-state index is -0.346. The van der Waals surface area contributed by atoms with Crippen LogP contribution in [0.3, 0.4) is 0 Å². The standard InChI is InChI=1S/C24H21FN4O3S2/c25-16-8-6-15(7-9-16)14-29-23(31)19(34-24(29)33)12-18-21(26-13-17-4-3-11-32-17)27-20-5-1-2-10-28(20)22(18)30/h1-2,5-10,12,17,26H,3-4,11,13-14H2/b19-12+/t17-/m0/s1. The lowest BCUT2D eigenvalue weighted by Crippen LogP contribution is -2.27. The summed E-state index contributed by atoms with van der Waals surface area (Å²) in [5.74, 6) is -0.251. The molecule has 0 saturated carbocycles. The smallest absolute Gasteiger partial charge is 0.267 e. The van der Waals surface area contributed by atoms with Crippen LogP contribution in [0.4, 0.5) is 10.2 Å². The molecular formula is C24H21FN4O3S2. The van der Waals surface area contributed by atoms with Gasteiger partial charge >= 0.3 is 0 Å². The fourth-order valence-electron chi connectivity index (χ4n) is 3.92. The average molecular weight is 497 g/mol. The molecule has 1 atom stereocenters. The number of amides is 1. The van der Waals surface area contributed by atoms with E-state index in [0.29, 0.717) is 27.2 Å². The van der Waals surface area contributed by atoms with Crippen LogP contribution in [0.5, 0.6) is 0 Å². The van der Waals surface area contributed by atoms with Gasteiger partial charge in [-0.15, -0.1) is 0 Å². The summed E-state index contributed by atoms with van der Waals surface area (Å²) in [5, 5.41) is 3.25. The third-order valence-corrected chi connectivity index (χ3v) is 7.07. The molecule has 1 aromatic carbocycles. The van der Waals surface area contributed by atoms with Crippen LogP contribution in [0.2, 0.25) is 0 Å². The van der Waals surface area contributed by atoms with Crippen LogP contribution < -0.4 is 10.9 Å². The van der Waals surface area contributed by atoms with Gasteiger partial charge in [-0.1, -0.05) is 42.2 Å². The molecule has 4 heterocycles. The molecule has 0 aliphatic carbocycles. The Morgan fingerprint density at radius 1 is 1.24 bits per heavy atom. The van der Waals surface area contributed by atoms with Crippen molar-refractivity contribution >= 4 is 51.7 Å². The van der Waals surface area contributed by atoms with Gasteiger partial charge in [0.1, 0.15) is 21.6 Å². The number of carbonyl (C=O) groups excluding carboxylic acids is 1. The average Bonchev–Trinajstić information content (AvgIpc) is 3.45. The van der Waals surface area contributed by atoms with Gasteiger partial charge in [-0.2, -0.15) is 0 Å². The van der Waals surface area contributed by atoms with Crippen LogP contribution in [-0.4, -0.2) is 43.8 Å². The topological polar surface area (TPSA) is 75.9 Å². The predicted molar refractivity (Wildman–Crippen MR) is 134 cm³/mol. The van der Waals surface area contributed by atoms with E-state index < -0.39 is 0 Å². The molecule has 34 heavy (non-hydrogen) atoms. The van der Waals surface area contributed by atoms with E-state index in [1.54, 1.807) is 36.5 Å². The summed E-state index contributed by atoms with van der Waals surface area (Å²) < 4.78 is 20.7. The van der Waals surface area contributed by atoms with Crippen molar-refractivity contribution in [3.8, 4) is 0 Å². The van der Waals surface area contributed by atoms with Crippen LogP contribution in [0.25, 0.3) is 11.7 Å². The number of thiocarbonyl (C=S) groups is 1. The number of halogens is 1. The van der Waals surface area contributed by atoms with E-state index in [0.717, 1.165) is 36.8 Å². The summed E-state index contributed by atoms with van der Waals surface area (Å²) in [4.78, 5) is 32.9. The highest BCUT2D eigenvalue weighted by Gasteiger charge is 2.32. The maximum absolute atomic E-state index is 13.3. The fourth-order valence-corrected chi connectivity index (χ4v) is 5.16. The summed E-state index contributed by atoms with van der Waals surface area (Å²) in [6.45, 7) is 1.46. The largest absolute Gasteiger partial charge is 0.376 e. The maximum atomic E-state index is 13.3. The molecule has 0 bridgehead atoms. The number of nitrogens with one attached hydrogen (secondary N) is 1. The molecule has 7 nitrogen and oxygen atoms in total. The third-order valence-electron chi connectivity index (χ3n) is 5.69. The molecule has 2 aliphatic heterocycles. The first-order valence-electron chi connectivity index (χ1n) is 10.9. The molecule has 0 unspecified atom stereocenters. The summed E-state index contributed by atoms with van der Waals surface area (Å²) >= 11 is 6.56. The third kappa shape index (κ3) is 4.61. The Kier molecular flexibility index (Phi) is 6.44. The molecular weight excluding hydrogens is 475 g/mol. The number of nitrogens with zero attached hydrogens (tertiary/aromatic N) is 3. The first kappa shape index (κ1) is 22.7. The molecule has 2 fully saturated rings. The summed E-state index contributed by atoms with van der Waals surface area (Å²) in [6, 6.07) is 11.2. The van der Waals surface area contributed by atoms with Gasteiger partial charge in [0, 0.05) is 19.3 Å². The van der Waals surface area contributed by atoms with E-state index in [1.807, 2.05) is 6.07 Å². The summed E-state index contributed by atoms with van der Waals surface area (Å²) in [5.41, 5.74) is 1.25. The SMILES string of the molecule is O=C1/C(=C\c2c(NC[C@@H]3CCCO3)nc3ccccn3c2=O)SC(=S)N1Cc1ccc(F)cc1. The van der Waals surface area contributed by atoms with Crippen molar-refractivity contribution in [1.82, 2.24) is 14.3 Å². The van der Waals surface area contributed by atoms with Gasteiger partial charge in [0.15, 0.2) is 0 Å². The lowest BCUT2D eigenvalue weighted by molar-refractivity contribution is -0.122. The minimum Gasteiger partial charge on any atom is -0.376 e. The summed E-state index contributed by atoms with van der Waals surface area (Å²) in [7, 11) is 0. The van der Waals surface area contributed by atoms with Crippen LogP contribution >= 0.6 is 24.0 Å². The first-order chi connectivity index (χ1) is 16.5. The molecule has 174 valence electrons. The molecule has 0 radical (unpaired) electrons. The Hall–Kier alpha value is -3.08. The molecule has 1 N–H and O–H groups in total. The second-order valence-corrected chi connectivity index (χ2v) is 9.69. The summed E-state index contributed by atoms with van der Waals surface area (Å²) in [6.07, 6.45) is 5.20. The van der Waals surface area contributed by atoms with Crippen molar-refractivity contribution in [3.05, 3.63) is 80.9 Å².